The van der Waals surface area contributed by atoms with Gasteiger partial charge in [0.15, 0.2) is 17.5 Å². The lowest BCUT2D eigenvalue weighted by Gasteiger charge is -2.26. The molecule has 0 bridgehead atoms. The first kappa shape index (κ1) is 32.1. The summed E-state index contributed by atoms with van der Waals surface area (Å²) in [5.74, 6) is 1.87. The van der Waals surface area contributed by atoms with Gasteiger partial charge in [-0.05, 0) is 99.4 Å². The molecule has 6 heteroatoms. The molecule has 0 aliphatic rings. The topological polar surface area (TPSA) is 67.7 Å². The van der Waals surface area contributed by atoms with E-state index in [1.165, 1.54) is 27.3 Å². The van der Waals surface area contributed by atoms with Crippen molar-refractivity contribution < 1.29 is 0 Å². The first-order chi connectivity index (χ1) is 27.2. The fourth-order valence-electron chi connectivity index (χ4n) is 7.16. The number of fused-ring (bicyclic) bond motifs is 3. The van der Waals surface area contributed by atoms with Crippen LogP contribution in [0.1, 0.15) is 0 Å². The fourth-order valence-corrected chi connectivity index (χ4v) is 7.16. The first-order valence-corrected chi connectivity index (χ1v) is 18.2. The van der Waals surface area contributed by atoms with Gasteiger partial charge >= 0.3 is 0 Å². The number of aromatic nitrogens is 5. The smallest absolute Gasteiger partial charge is 0.164 e. The Morgan fingerprint density at radius 2 is 0.727 bits per heavy atom. The molecule has 10 aromatic rings. The molecule has 0 fully saturated rings. The molecule has 0 amide bonds. The molecule has 10 rings (SSSR count). The molecular weight excluding hydrogens is 673 g/mol. The maximum atomic E-state index is 4.95. The van der Waals surface area contributed by atoms with Crippen molar-refractivity contribution in [2.45, 2.75) is 0 Å². The van der Waals surface area contributed by atoms with Crippen LogP contribution in [0.25, 0.3) is 77.9 Å². The van der Waals surface area contributed by atoms with Crippen LogP contribution in [0, 0.1) is 0 Å². The Kier molecular flexibility index (Phi) is 8.04. The van der Waals surface area contributed by atoms with Crippen molar-refractivity contribution in [1.82, 2.24) is 24.9 Å². The van der Waals surface area contributed by atoms with Crippen LogP contribution in [0.15, 0.2) is 194 Å². The van der Waals surface area contributed by atoms with E-state index in [9.17, 15) is 0 Å². The van der Waals surface area contributed by atoms with Crippen LogP contribution in [-0.4, -0.2) is 24.9 Å². The summed E-state index contributed by atoms with van der Waals surface area (Å²) in [4.78, 5) is 26.2. The van der Waals surface area contributed by atoms with E-state index < -0.39 is 0 Å². The summed E-state index contributed by atoms with van der Waals surface area (Å²) in [6, 6.07) is 63.2. The minimum atomic E-state index is 0.611. The van der Waals surface area contributed by atoms with E-state index in [-0.39, 0.29) is 0 Å². The van der Waals surface area contributed by atoms with E-state index in [1.807, 2.05) is 66.7 Å². The zero-order valence-electron chi connectivity index (χ0n) is 29.7. The SMILES string of the molecule is c1ccc(-c2nc(-c3ccccc3)nc(-c3ccc(N(c4ccc5cc(-c6ccc7ccccc7c6)ccc5c4)c4ccc5nccnc5c4)cc3)n2)cc1. The summed E-state index contributed by atoms with van der Waals surface area (Å²) in [7, 11) is 0. The predicted molar refractivity (Wildman–Crippen MR) is 224 cm³/mol. The molecule has 258 valence electrons. The molecular formula is C49H32N6. The maximum absolute atomic E-state index is 4.95. The van der Waals surface area contributed by atoms with Gasteiger partial charge in [-0.1, -0.05) is 115 Å². The van der Waals surface area contributed by atoms with Crippen molar-refractivity contribution in [2.75, 3.05) is 4.90 Å². The molecule has 0 spiro atoms. The van der Waals surface area contributed by atoms with Gasteiger partial charge in [0.05, 0.1) is 11.0 Å². The summed E-state index contributed by atoms with van der Waals surface area (Å²) < 4.78 is 0. The van der Waals surface area contributed by atoms with Gasteiger partial charge in [-0.25, -0.2) is 15.0 Å². The maximum Gasteiger partial charge on any atom is 0.164 e. The Bertz CT molecular complexity index is 2930. The van der Waals surface area contributed by atoms with Gasteiger partial charge in [0, 0.05) is 46.1 Å². The van der Waals surface area contributed by atoms with Gasteiger partial charge in [0.2, 0.25) is 0 Å². The van der Waals surface area contributed by atoms with Gasteiger partial charge in [-0.2, -0.15) is 0 Å². The molecule has 2 aromatic heterocycles. The number of nitrogens with zero attached hydrogens (tertiary/aromatic N) is 6. The second-order valence-electron chi connectivity index (χ2n) is 13.5. The Morgan fingerprint density at radius 3 is 1.38 bits per heavy atom. The molecule has 55 heavy (non-hydrogen) atoms. The normalized spacial score (nSPS) is 11.3. The number of rotatable bonds is 7. The zero-order valence-corrected chi connectivity index (χ0v) is 29.7. The van der Waals surface area contributed by atoms with Crippen LogP contribution in [0.4, 0.5) is 17.1 Å². The zero-order chi connectivity index (χ0) is 36.6. The molecule has 0 saturated heterocycles. The van der Waals surface area contributed by atoms with E-state index in [0.29, 0.717) is 17.5 Å². The molecule has 6 nitrogen and oxygen atoms in total. The number of hydrogen-bond donors (Lipinski definition) is 0. The van der Waals surface area contributed by atoms with Crippen molar-refractivity contribution in [1.29, 1.82) is 0 Å². The van der Waals surface area contributed by atoms with Crippen LogP contribution in [0.2, 0.25) is 0 Å². The van der Waals surface area contributed by atoms with E-state index in [2.05, 4.69) is 130 Å². The fraction of sp³-hybridized carbons (Fsp3) is 0. The molecule has 0 radical (unpaired) electrons. The summed E-state index contributed by atoms with van der Waals surface area (Å²) in [6.07, 6.45) is 3.46. The number of hydrogen-bond acceptors (Lipinski definition) is 6. The summed E-state index contributed by atoms with van der Waals surface area (Å²) >= 11 is 0. The van der Waals surface area contributed by atoms with Crippen LogP contribution < -0.4 is 4.90 Å². The average Bonchev–Trinajstić information content (AvgIpc) is 3.27. The van der Waals surface area contributed by atoms with Crippen molar-refractivity contribution in [2.24, 2.45) is 0 Å². The summed E-state index contributed by atoms with van der Waals surface area (Å²) in [5.41, 5.74) is 9.82. The lowest BCUT2D eigenvalue weighted by atomic mass is 9.98. The Hall–Kier alpha value is -7.57. The predicted octanol–water partition coefficient (Wildman–Crippen LogP) is 12.3. The van der Waals surface area contributed by atoms with Gasteiger partial charge in [0.25, 0.3) is 0 Å². The van der Waals surface area contributed by atoms with Crippen LogP contribution in [0.3, 0.4) is 0 Å². The molecule has 0 saturated carbocycles. The third-order valence-corrected chi connectivity index (χ3v) is 9.96. The molecule has 2 heterocycles. The van der Waals surface area contributed by atoms with Gasteiger partial charge in [0.1, 0.15) is 0 Å². The molecule has 0 aliphatic carbocycles. The van der Waals surface area contributed by atoms with E-state index in [4.69, 9.17) is 15.0 Å². The van der Waals surface area contributed by atoms with Gasteiger partial charge in [-0.3, -0.25) is 9.97 Å². The highest BCUT2D eigenvalue weighted by Gasteiger charge is 2.17. The lowest BCUT2D eigenvalue weighted by molar-refractivity contribution is 1.07. The minimum Gasteiger partial charge on any atom is -0.310 e. The molecule has 0 atom stereocenters. The van der Waals surface area contributed by atoms with E-state index >= 15 is 0 Å². The quantitative estimate of drug-likeness (QED) is 0.164. The van der Waals surface area contributed by atoms with Crippen molar-refractivity contribution in [3.05, 3.63) is 194 Å². The van der Waals surface area contributed by atoms with Gasteiger partial charge < -0.3 is 4.90 Å². The van der Waals surface area contributed by atoms with Gasteiger partial charge in [-0.15, -0.1) is 0 Å². The van der Waals surface area contributed by atoms with Crippen LogP contribution in [-0.2, 0) is 0 Å². The second-order valence-corrected chi connectivity index (χ2v) is 13.5. The summed E-state index contributed by atoms with van der Waals surface area (Å²) in [5, 5.41) is 4.80. The Balaban J connectivity index is 1.05. The second kappa shape index (κ2) is 13.8. The van der Waals surface area contributed by atoms with Crippen LogP contribution >= 0.6 is 0 Å². The summed E-state index contributed by atoms with van der Waals surface area (Å²) in [6.45, 7) is 0. The van der Waals surface area contributed by atoms with E-state index in [1.54, 1.807) is 12.4 Å². The first-order valence-electron chi connectivity index (χ1n) is 18.2. The highest BCUT2D eigenvalue weighted by Crippen LogP contribution is 2.39. The average molecular weight is 705 g/mol. The highest BCUT2D eigenvalue weighted by atomic mass is 15.1. The Labute approximate surface area is 318 Å². The van der Waals surface area contributed by atoms with E-state index in [0.717, 1.165) is 50.2 Å². The minimum absolute atomic E-state index is 0.611. The Morgan fingerprint density at radius 1 is 0.291 bits per heavy atom. The van der Waals surface area contributed by atoms with Crippen molar-refractivity contribution in [3.8, 4) is 45.3 Å². The van der Waals surface area contributed by atoms with Crippen LogP contribution in [0.5, 0.6) is 0 Å². The third kappa shape index (κ3) is 6.32. The standard InChI is InChI=1S/C49H32N6/c1-3-10-34(11-4-1)47-52-48(35-12-5-2-6-13-35)54-49(53-47)36-19-22-42(23-20-36)55(44-25-26-45-46(32-44)51-28-27-50-45)43-24-21-40-30-39(17-18-41(40)31-43)38-16-15-33-9-7-8-14-37(33)29-38/h1-32H. The van der Waals surface area contributed by atoms with Crippen molar-refractivity contribution in [3.63, 3.8) is 0 Å². The number of benzene rings is 8. The lowest BCUT2D eigenvalue weighted by Crippen LogP contribution is -2.10. The molecule has 0 unspecified atom stereocenters. The molecule has 0 aliphatic heterocycles. The molecule has 8 aromatic carbocycles. The number of anilines is 3. The highest BCUT2D eigenvalue weighted by molar-refractivity contribution is 5.94. The monoisotopic (exact) mass is 704 g/mol. The van der Waals surface area contributed by atoms with Crippen molar-refractivity contribution >= 4 is 49.6 Å². The largest absolute Gasteiger partial charge is 0.310 e. The molecule has 0 N–H and O–H groups in total. The third-order valence-electron chi connectivity index (χ3n) is 9.96.